The van der Waals surface area contributed by atoms with Crippen molar-refractivity contribution in [3.63, 3.8) is 0 Å². The number of allylic oxidation sites excluding steroid dienone is 1. The first kappa shape index (κ1) is 19.5. The second-order valence-electron chi connectivity index (χ2n) is 8.03. The first-order valence-electron chi connectivity index (χ1n) is 10.2. The fourth-order valence-corrected chi connectivity index (χ4v) is 5.10. The molecule has 1 aliphatic carbocycles. The Labute approximate surface area is 179 Å². The van der Waals surface area contributed by atoms with Crippen molar-refractivity contribution in [3.05, 3.63) is 40.7 Å². The molecule has 9 heteroatoms. The van der Waals surface area contributed by atoms with Crippen LogP contribution in [-0.2, 0) is 11.2 Å². The van der Waals surface area contributed by atoms with Gasteiger partial charge in [0, 0.05) is 30.6 Å². The number of nitrogens with zero attached hydrogens (tertiary/aromatic N) is 4. The molecule has 2 aliphatic heterocycles. The van der Waals surface area contributed by atoms with E-state index < -0.39 is 0 Å². The fourth-order valence-electron chi connectivity index (χ4n) is 4.23. The summed E-state index contributed by atoms with van der Waals surface area (Å²) in [5.74, 6) is 1.88. The van der Waals surface area contributed by atoms with Gasteiger partial charge in [0.25, 0.3) is 0 Å². The number of aromatic nitrogens is 3. The lowest BCUT2D eigenvalue weighted by molar-refractivity contribution is 0.0797. The minimum Gasteiger partial charge on any atom is -0.505 e. The minimum absolute atomic E-state index is 0.0945. The van der Waals surface area contributed by atoms with Crippen LogP contribution in [0.25, 0.3) is 11.0 Å². The van der Waals surface area contributed by atoms with Gasteiger partial charge in [-0.25, -0.2) is 9.97 Å². The van der Waals surface area contributed by atoms with Crippen molar-refractivity contribution in [1.29, 1.82) is 0 Å². The Morgan fingerprint density at radius 3 is 2.90 bits per heavy atom. The standard InChI is InChI=1S/C21H26N6O2S/c1-4-14-18(28)16-19(23-14)24-21(25-20(16)27-9-12(22)10-27)30-13-7-11(2)17-15(8-13)29-6-5-26(17)3/h7-8,12,17,28H,2,4-6,9-10,22H2,1,3H3,(H,23,24,25). The Morgan fingerprint density at radius 1 is 1.37 bits per heavy atom. The Morgan fingerprint density at radius 2 is 2.17 bits per heavy atom. The molecule has 2 fully saturated rings. The Bertz CT molecular complexity index is 1080. The molecule has 0 saturated carbocycles. The molecular weight excluding hydrogens is 400 g/mol. The van der Waals surface area contributed by atoms with Gasteiger partial charge in [0.15, 0.2) is 5.16 Å². The molecule has 3 aliphatic rings. The summed E-state index contributed by atoms with van der Waals surface area (Å²) in [7, 11) is 2.09. The third-order valence-electron chi connectivity index (χ3n) is 5.82. The van der Waals surface area contributed by atoms with Crippen molar-refractivity contribution < 1.29 is 9.84 Å². The number of aryl methyl sites for hydroxylation is 1. The van der Waals surface area contributed by atoms with E-state index in [9.17, 15) is 5.11 Å². The number of likely N-dealkylation sites (N-methyl/N-ethyl adjacent to an activating group) is 1. The van der Waals surface area contributed by atoms with Crippen LogP contribution >= 0.6 is 11.8 Å². The lowest BCUT2D eigenvalue weighted by Gasteiger charge is -2.38. The molecule has 0 radical (unpaired) electrons. The lowest BCUT2D eigenvalue weighted by atomic mass is 9.99. The SMILES string of the molecule is C=C1C=C(Sc2nc(N3CC(N)C3)c3c(O)c(CC)[nH]c3n2)C=C2OCCN(C)C12. The topological polar surface area (TPSA) is 104 Å². The van der Waals surface area contributed by atoms with E-state index in [2.05, 4.69) is 40.6 Å². The van der Waals surface area contributed by atoms with E-state index in [1.807, 2.05) is 6.92 Å². The van der Waals surface area contributed by atoms with Crippen molar-refractivity contribution in [3.8, 4) is 5.75 Å². The maximum Gasteiger partial charge on any atom is 0.196 e. The summed E-state index contributed by atoms with van der Waals surface area (Å²) in [6.45, 7) is 9.22. The van der Waals surface area contributed by atoms with E-state index in [-0.39, 0.29) is 17.8 Å². The van der Waals surface area contributed by atoms with E-state index in [4.69, 9.17) is 20.4 Å². The number of nitrogens with two attached hydrogens (primary N) is 1. The van der Waals surface area contributed by atoms with Gasteiger partial charge in [-0.3, -0.25) is 4.90 Å². The van der Waals surface area contributed by atoms with Crippen molar-refractivity contribution >= 4 is 28.6 Å². The number of thioether (sulfide) groups is 1. The van der Waals surface area contributed by atoms with Crippen LogP contribution in [0.2, 0.25) is 0 Å². The first-order chi connectivity index (χ1) is 14.4. The number of anilines is 1. The minimum atomic E-state index is 0.0945. The van der Waals surface area contributed by atoms with Gasteiger partial charge in [-0.05, 0) is 43.0 Å². The molecule has 4 heterocycles. The average molecular weight is 427 g/mol. The number of nitrogens with one attached hydrogen (secondary N) is 1. The van der Waals surface area contributed by atoms with Gasteiger partial charge < -0.3 is 25.5 Å². The monoisotopic (exact) mass is 426 g/mol. The van der Waals surface area contributed by atoms with E-state index in [0.717, 1.165) is 34.3 Å². The number of hydrogen-bond donors (Lipinski definition) is 3. The zero-order valence-electron chi connectivity index (χ0n) is 17.2. The number of rotatable bonds is 4. The Balaban J connectivity index is 1.51. The predicted octanol–water partition coefficient (Wildman–Crippen LogP) is 2.13. The summed E-state index contributed by atoms with van der Waals surface area (Å²) < 4.78 is 5.90. The number of fused-ring (bicyclic) bond motifs is 2. The molecule has 0 bridgehead atoms. The molecule has 2 saturated heterocycles. The first-order valence-corrected chi connectivity index (χ1v) is 11.0. The molecule has 158 valence electrons. The molecule has 30 heavy (non-hydrogen) atoms. The number of morpholine rings is 1. The van der Waals surface area contributed by atoms with Gasteiger partial charge in [-0.15, -0.1) is 0 Å². The number of aromatic amines is 1. The smallest absolute Gasteiger partial charge is 0.196 e. The molecule has 5 rings (SSSR count). The van der Waals surface area contributed by atoms with E-state index in [1.165, 1.54) is 11.8 Å². The molecule has 2 aromatic rings. The van der Waals surface area contributed by atoms with Crippen molar-refractivity contribution in [1.82, 2.24) is 19.9 Å². The van der Waals surface area contributed by atoms with Crippen LogP contribution < -0.4 is 10.6 Å². The van der Waals surface area contributed by atoms with Crippen LogP contribution in [0, 0.1) is 0 Å². The van der Waals surface area contributed by atoms with Gasteiger partial charge >= 0.3 is 0 Å². The van der Waals surface area contributed by atoms with Crippen LogP contribution in [0.1, 0.15) is 12.6 Å². The summed E-state index contributed by atoms with van der Waals surface area (Å²) in [6.07, 6.45) is 4.81. The second kappa shape index (κ2) is 7.33. The highest BCUT2D eigenvalue weighted by atomic mass is 32.2. The van der Waals surface area contributed by atoms with Gasteiger partial charge in [0.2, 0.25) is 0 Å². The van der Waals surface area contributed by atoms with E-state index in [1.54, 1.807) is 0 Å². The summed E-state index contributed by atoms with van der Waals surface area (Å²) in [6, 6.07) is 0.224. The number of H-pyrrole nitrogens is 1. The van der Waals surface area contributed by atoms with Crippen molar-refractivity contribution in [2.24, 2.45) is 5.73 Å². The van der Waals surface area contributed by atoms with E-state index in [0.29, 0.717) is 42.3 Å². The van der Waals surface area contributed by atoms with Crippen LogP contribution in [-0.4, -0.2) is 70.3 Å². The zero-order chi connectivity index (χ0) is 21.0. The Hall–Kier alpha value is -2.49. The Kier molecular flexibility index (Phi) is 4.76. The quantitative estimate of drug-likeness (QED) is 0.639. The summed E-state index contributed by atoms with van der Waals surface area (Å²) in [5.41, 5.74) is 8.40. The van der Waals surface area contributed by atoms with Gasteiger partial charge in [-0.2, -0.15) is 0 Å². The molecule has 0 spiro atoms. The average Bonchev–Trinajstić information content (AvgIpc) is 3.00. The largest absolute Gasteiger partial charge is 0.505 e. The summed E-state index contributed by atoms with van der Waals surface area (Å²) in [5, 5.41) is 12.0. The predicted molar refractivity (Wildman–Crippen MR) is 119 cm³/mol. The molecule has 0 amide bonds. The molecule has 2 aromatic heterocycles. The van der Waals surface area contributed by atoms with Crippen LogP contribution in [0.4, 0.5) is 5.82 Å². The molecular formula is C21H26N6O2S. The molecule has 8 nitrogen and oxygen atoms in total. The number of ether oxygens (including phenoxy) is 1. The maximum atomic E-state index is 10.7. The third-order valence-corrected chi connectivity index (χ3v) is 6.66. The lowest BCUT2D eigenvalue weighted by Crippen LogP contribution is -2.56. The number of aromatic hydroxyl groups is 1. The molecule has 1 atom stereocenters. The van der Waals surface area contributed by atoms with Gasteiger partial charge in [-0.1, -0.05) is 13.5 Å². The second-order valence-corrected chi connectivity index (χ2v) is 9.07. The zero-order valence-corrected chi connectivity index (χ0v) is 18.0. The number of hydrogen-bond acceptors (Lipinski definition) is 8. The van der Waals surface area contributed by atoms with Crippen LogP contribution in [0.5, 0.6) is 5.75 Å². The third kappa shape index (κ3) is 3.17. The van der Waals surface area contributed by atoms with E-state index >= 15 is 0 Å². The fraction of sp³-hybridized carbons (Fsp3) is 0.429. The van der Waals surface area contributed by atoms with Crippen LogP contribution in [0.3, 0.4) is 0 Å². The summed E-state index contributed by atoms with van der Waals surface area (Å²) >= 11 is 1.47. The highest BCUT2D eigenvalue weighted by Gasteiger charge is 2.32. The molecule has 0 aromatic carbocycles. The van der Waals surface area contributed by atoms with Gasteiger partial charge in [0.05, 0.1) is 11.7 Å². The van der Waals surface area contributed by atoms with Crippen molar-refractivity contribution in [2.45, 2.75) is 30.6 Å². The highest BCUT2D eigenvalue weighted by Crippen LogP contribution is 2.40. The van der Waals surface area contributed by atoms with Crippen LogP contribution in [0.15, 0.2) is 40.1 Å². The maximum absolute atomic E-state index is 10.7. The van der Waals surface area contributed by atoms with Gasteiger partial charge in [0.1, 0.15) is 35.0 Å². The normalized spacial score (nSPS) is 22.4. The summed E-state index contributed by atoms with van der Waals surface area (Å²) in [4.78, 5) is 18.1. The molecule has 1 unspecified atom stereocenters. The highest BCUT2D eigenvalue weighted by molar-refractivity contribution is 8.03. The molecule has 4 N–H and O–H groups in total. The van der Waals surface area contributed by atoms with Crippen molar-refractivity contribution in [2.75, 3.05) is 38.2 Å².